The summed E-state index contributed by atoms with van der Waals surface area (Å²) in [4.78, 5) is 2.37. The SMILES string of the molecule is CC1(c2cccc(NS(C)(=O)=O)c2)c2ccccc2CCc2cc(OCCN3CCOCC3)ccc21. The molecule has 1 saturated heterocycles. The summed E-state index contributed by atoms with van der Waals surface area (Å²) in [6, 6.07) is 22.8. The fourth-order valence-corrected chi connectivity index (χ4v) is 6.09. The van der Waals surface area contributed by atoms with Crippen LogP contribution in [0.25, 0.3) is 0 Å². The summed E-state index contributed by atoms with van der Waals surface area (Å²) < 4.78 is 38.1. The number of morpholine rings is 1. The predicted octanol–water partition coefficient (Wildman–Crippen LogP) is 4.22. The Morgan fingerprint density at radius 3 is 2.50 bits per heavy atom. The summed E-state index contributed by atoms with van der Waals surface area (Å²) in [5.74, 6) is 0.891. The first-order chi connectivity index (χ1) is 17.3. The van der Waals surface area contributed by atoms with Crippen molar-refractivity contribution >= 4 is 15.7 Å². The predicted molar refractivity (Wildman–Crippen MR) is 144 cm³/mol. The molecule has 36 heavy (non-hydrogen) atoms. The number of fused-ring (bicyclic) bond motifs is 2. The molecule has 1 fully saturated rings. The highest BCUT2D eigenvalue weighted by Gasteiger charge is 2.37. The fourth-order valence-electron chi connectivity index (χ4n) is 5.53. The van der Waals surface area contributed by atoms with Crippen LogP contribution in [0, 0.1) is 0 Å². The van der Waals surface area contributed by atoms with Crippen molar-refractivity contribution in [3.63, 3.8) is 0 Å². The molecule has 0 amide bonds. The lowest BCUT2D eigenvalue weighted by molar-refractivity contribution is 0.0322. The van der Waals surface area contributed by atoms with E-state index in [0.29, 0.717) is 12.3 Å². The van der Waals surface area contributed by atoms with Gasteiger partial charge in [0.2, 0.25) is 10.0 Å². The molecule has 1 heterocycles. The number of rotatable bonds is 7. The van der Waals surface area contributed by atoms with Crippen molar-refractivity contribution in [1.29, 1.82) is 0 Å². The number of hydrogen-bond acceptors (Lipinski definition) is 5. The van der Waals surface area contributed by atoms with Crippen LogP contribution in [0.3, 0.4) is 0 Å². The Hall–Kier alpha value is -2.87. The molecule has 0 radical (unpaired) electrons. The minimum absolute atomic E-state index is 0.441. The molecular formula is C29H34N2O4S. The van der Waals surface area contributed by atoms with Crippen LogP contribution in [-0.2, 0) is 33.0 Å². The van der Waals surface area contributed by atoms with E-state index < -0.39 is 15.4 Å². The summed E-state index contributed by atoms with van der Waals surface area (Å²) in [5, 5.41) is 0. The summed E-state index contributed by atoms with van der Waals surface area (Å²) >= 11 is 0. The zero-order chi connectivity index (χ0) is 25.2. The average molecular weight is 507 g/mol. The van der Waals surface area contributed by atoms with Crippen molar-refractivity contribution in [1.82, 2.24) is 4.90 Å². The van der Waals surface area contributed by atoms with Gasteiger partial charge in [-0.25, -0.2) is 8.42 Å². The van der Waals surface area contributed by atoms with E-state index in [4.69, 9.17) is 9.47 Å². The second-order valence-corrected chi connectivity index (χ2v) is 11.6. The van der Waals surface area contributed by atoms with E-state index in [2.05, 4.69) is 65.1 Å². The summed E-state index contributed by atoms with van der Waals surface area (Å²) in [5.41, 5.74) is 6.23. The Balaban J connectivity index is 1.49. The molecule has 7 heteroatoms. The van der Waals surface area contributed by atoms with Gasteiger partial charge in [0.05, 0.1) is 19.5 Å². The molecule has 1 unspecified atom stereocenters. The van der Waals surface area contributed by atoms with E-state index in [-0.39, 0.29) is 0 Å². The molecule has 3 aromatic carbocycles. The van der Waals surface area contributed by atoms with Gasteiger partial charge in [-0.3, -0.25) is 9.62 Å². The van der Waals surface area contributed by atoms with E-state index in [0.717, 1.165) is 57.0 Å². The lowest BCUT2D eigenvalue weighted by Crippen LogP contribution is -2.38. The highest BCUT2D eigenvalue weighted by Crippen LogP contribution is 2.45. The van der Waals surface area contributed by atoms with Crippen LogP contribution in [0.2, 0.25) is 0 Å². The number of anilines is 1. The van der Waals surface area contributed by atoms with E-state index in [1.165, 1.54) is 28.5 Å². The van der Waals surface area contributed by atoms with Gasteiger partial charge < -0.3 is 9.47 Å². The third kappa shape index (κ3) is 5.28. The lowest BCUT2D eigenvalue weighted by Gasteiger charge is -2.34. The van der Waals surface area contributed by atoms with Gasteiger partial charge in [0.1, 0.15) is 12.4 Å². The molecule has 5 rings (SSSR count). The maximum atomic E-state index is 11.9. The van der Waals surface area contributed by atoms with Crippen LogP contribution in [0.1, 0.15) is 34.7 Å². The molecule has 1 atom stereocenters. The van der Waals surface area contributed by atoms with Crippen LogP contribution >= 0.6 is 0 Å². The van der Waals surface area contributed by atoms with E-state index in [9.17, 15) is 8.42 Å². The molecule has 0 spiro atoms. The topological polar surface area (TPSA) is 67.9 Å². The number of hydrogen-bond donors (Lipinski definition) is 1. The zero-order valence-electron chi connectivity index (χ0n) is 21.0. The Morgan fingerprint density at radius 1 is 0.944 bits per heavy atom. The highest BCUT2D eigenvalue weighted by atomic mass is 32.2. The van der Waals surface area contributed by atoms with Crippen molar-refractivity contribution in [3.8, 4) is 5.75 Å². The Morgan fingerprint density at radius 2 is 1.69 bits per heavy atom. The molecule has 0 saturated carbocycles. The normalized spacial score (nSPS) is 20.2. The largest absolute Gasteiger partial charge is 0.492 e. The molecule has 0 bridgehead atoms. The number of nitrogens with zero attached hydrogens (tertiary/aromatic N) is 1. The Labute approximate surface area is 214 Å². The monoisotopic (exact) mass is 506 g/mol. The molecule has 1 N–H and O–H groups in total. The smallest absolute Gasteiger partial charge is 0.229 e. The Kier molecular flexibility index (Phi) is 7.06. The highest BCUT2D eigenvalue weighted by molar-refractivity contribution is 7.92. The zero-order valence-corrected chi connectivity index (χ0v) is 21.8. The minimum atomic E-state index is -3.37. The van der Waals surface area contributed by atoms with Crippen LogP contribution in [-0.4, -0.2) is 59.0 Å². The number of nitrogens with one attached hydrogen (secondary N) is 1. The fraction of sp³-hybridized carbons (Fsp3) is 0.379. The molecule has 190 valence electrons. The second-order valence-electron chi connectivity index (χ2n) is 9.86. The van der Waals surface area contributed by atoms with Gasteiger partial charge in [0.25, 0.3) is 0 Å². The quantitative estimate of drug-likeness (QED) is 0.520. The summed E-state index contributed by atoms with van der Waals surface area (Å²) in [6.07, 6.45) is 3.04. The van der Waals surface area contributed by atoms with Crippen molar-refractivity contribution in [2.24, 2.45) is 0 Å². The third-order valence-electron chi connectivity index (χ3n) is 7.36. The molecule has 1 aliphatic heterocycles. The summed E-state index contributed by atoms with van der Waals surface area (Å²) in [6.45, 7) is 7.28. The molecule has 6 nitrogen and oxygen atoms in total. The second kappa shape index (κ2) is 10.2. The van der Waals surface area contributed by atoms with Crippen molar-refractivity contribution in [2.45, 2.75) is 25.2 Å². The maximum Gasteiger partial charge on any atom is 0.229 e. The molecule has 2 aliphatic rings. The van der Waals surface area contributed by atoms with Crippen LogP contribution in [0.15, 0.2) is 66.7 Å². The van der Waals surface area contributed by atoms with Crippen molar-refractivity contribution < 1.29 is 17.9 Å². The van der Waals surface area contributed by atoms with Gasteiger partial charge in [-0.1, -0.05) is 42.5 Å². The van der Waals surface area contributed by atoms with Crippen molar-refractivity contribution in [3.05, 3.63) is 94.5 Å². The lowest BCUT2D eigenvalue weighted by atomic mass is 9.69. The number of sulfonamides is 1. The molecule has 1 aliphatic carbocycles. The molecular weight excluding hydrogens is 472 g/mol. The van der Waals surface area contributed by atoms with Crippen LogP contribution in [0.5, 0.6) is 5.75 Å². The van der Waals surface area contributed by atoms with Gasteiger partial charge in [0.15, 0.2) is 0 Å². The third-order valence-corrected chi connectivity index (χ3v) is 7.96. The maximum absolute atomic E-state index is 11.9. The minimum Gasteiger partial charge on any atom is -0.492 e. The first kappa shape index (κ1) is 24.8. The summed E-state index contributed by atoms with van der Waals surface area (Å²) in [7, 11) is -3.37. The molecule has 3 aromatic rings. The van der Waals surface area contributed by atoms with E-state index >= 15 is 0 Å². The van der Waals surface area contributed by atoms with E-state index in [1.54, 1.807) is 6.07 Å². The van der Waals surface area contributed by atoms with Crippen molar-refractivity contribution in [2.75, 3.05) is 50.4 Å². The molecule has 0 aromatic heterocycles. The van der Waals surface area contributed by atoms with Gasteiger partial charge in [0, 0.05) is 30.7 Å². The van der Waals surface area contributed by atoms with Gasteiger partial charge in [-0.15, -0.1) is 0 Å². The first-order valence-corrected chi connectivity index (χ1v) is 14.4. The number of aryl methyl sites for hydroxylation is 2. The number of ether oxygens (including phenoxy) is 2. The van der Waals surface area contributed by atoms with E-state index in [1.807, 2.05) is 12.1 Å². The van der Waals surface area contributed by atoms with Crippen LogP contribution < -0.4 is 9.46 Å². The van der Waals surface area contributed by atoms with Gasteiger partial charge >= 0.3 is 0 Å². The number of benzene rings is 3. The first-order valence-electron chi connectivity index (χ1n) is 12.6. The average Bonchev–Trinajstić information content (AvgIpc) is 2.99. The Bertz CT molecular complexity index is 1330. The van der Waals surface area contributed by atoms with Gasteiger partial charge in [-0.05, 0) is 71.8 Å². The van der Waals surface area contributed by atoms with Gasteiger partial charge in [-0.2, -0.15) is 0 Å². The standard InChI is InChI=1S/C29H34N2O4S/c1-29(24-7-5-8-25(21-24)30-36(2,32)33)27-9-4-3-6-22(27)10-11-23-20-26(12-13-28(23)29)35-19-16-31-14-17-34-18-15-31/h3-9,12-13,20-21,30H,10-11,14-19H2,1-2H3. The van der Waals surface area contributed by atoms with Crippen LogP contribution in [0.4, 0.5) is 5.69 Å².